The number of rotatable bonds is 10. The van der Waals surface area contributed by atoms with Crippen LogP contribution in [0.2, 0.25) is 0 Å². The third kappa shape index (κ3) is 6.24. The van der Waals surface area contributed by atoms with Crippen LogP contribution in [0.3, 0.4) is 0 Å². The van der Waals surface area contributed by atoms with Gasteiger partial charge in [-0.15, -0.1) is 0 Å². The van der Waals surface area contributed by atoms with Gasteiger partial charge >= 0.3 is 0 Å². The van der Waals surface area contributed by atoms with Gasteiger partial charge in [-0.05, 0) is 74.1 Å². The second kappa shape index (κ2) is 12.4. The molecule has 0 aliphatic carbocycles. The highest BCUT2D eigenvalue weighted by molar-refractivity contribution is 7.89. The minimum atomic E-state index is -3.61. The molecule has 5 aromatic rings. The number of hydrogen-bond donors (Lipinski definition) is 1. The third-order valence-electron chi connectivity index (χ3n) is 7.91. The molecule has 1 saturated heterocycles. The molecule has 0 saturated carbocycles. The van der Waals surface area contributed by atoms with Crippen molar-refractivity contribution in [3.8, 4) is 23.0 Å². The predicted molar refractivity (Wildman–Crippen MR) is 163 cm³/mol. The first-order valence-electron chi connectivity index (χ1n) is 14.4. The van der Waals surface area contributed by atoms with E-state index < -0.39 is 10.0 Å². The van der Waals surface area contributed by atoms with E-state index in [9.17, 15) is 13.7 Å². The van der Waals surface area contributed by atoms with Crippen LogP contribution in [0.5, 0.6) is 0 Å². The Kier molecular flexibility index (Phi) is 8.23. The van der Waals surface area contributed by atoms with Gasteiger partial charge in [0.25, 0.3) is 10.0 Å². The van der Waals surface area contributed by atoms with Crippen molar-refractivity contribution in [1.82, 2.24) is 43.6 Å². The Balaban J connectivity index is 1.12. The molecule has 0 radical (unpaired) electrons. The summed E-state index contributed by atoms with van der Waals surface area (Å²) in [5, 5.41) is 25.9. The molecular formula is C30H33N11O2S. The summed E-state index contributed by atoms with van der Waals surface area (Å²) in [5.41, 5.74) is 4.29. The molecule has 4 aromatic heterocycles. The molecule has 0 spiro atoms. The fourth-order valence-electron chi connectivity index (χ4n) is 5.53. The zero-order chi connectivity index (χ0) is 30.7. The topological polar surface area (TPSA) is 152 Å². The van der Waals surface area contributed by atoms with Gasteiger partial charge in [-0.1, -0.05) is 0 Å². The van der Waals surface area contributed by atoms with Crippen molar-refractivity contribution in [2.45, 2.75) is 43.7 Å². The Hall–Kier alpha value is -4.87. The van der Waals surface area contributed by atoms with Crippen molar-refractivity contribution < 1.29 is 8.42 Å². The Morgan fingerprint density at radius 1 is 1.09 bits per heavy atom. The molecule has 1 fully saturated rings. The van der Waals surface area contributed by atoms with E-state index in [0.29, 0.717) is 38.3 Å². The van der Waals surface area contributed by atoms with E-state index >= 15 is 0 Å². The quantitative estimate of drug-likeness (QED) is 0.244. The van der Waals surface area contributed by atoms with Crippen LogP contribution < -0.4 is 5.32 Å². The highest BCUT2D eigenvalue weighted by Gasteiger charge is 2.32. The summed E-state index contributed by atoms with van der Waals surface area (Å²) in [7, 11) is -1.91. The van der Waals surface area contributed by atoms with Gasteiger partial charge in [0.15, 0.2) is 5.03 Å². The molecule has 14 heteroatoms. The Bertz CT molecular complexity index is 1860. The molecule has 44 heavy (non-hydrogen) atoms. The van der Waals surface area contributed by atoms with Gasteiger partial charge in [-0.2, -0.15) is 24.9 Å². The van der Waals surface area contributed by atoms with Crippen LogP contribution in [-0.2, 0) is 17.1 Å². The largest absolute Gasteiger partial charge is 0.324 e. The summed E-state index contributed by atoms with van der Waals surface area (Å²) >= 11 is 0. The predicted octanol–water partition coefficient (Wildman–Crippen LogP) is 4.26. The van der Waals surface area contributed by atoms with Crippen LogP contribution in [0.4, 0.5) is 11.6 Å². The van der Waals surface area contributed by atoms with Crippen LogP contribution in [0.1, 0.15) is 37.3 Å². The molecule has 6 rings (SSSR count). The lowest BCUT2D eigenvalue weighted by Gasteiger charge is -2.32. The van der Waals surface area contributed by atoms with Crippen LogP contribution in [0, 0.1) is 24.2 Å². The van der Waals surface area contributed by atoms with Crippen LogP contribution in [-0.4, -0.2) is 65.1 Å². The van der Waals surface area contributed by atoms with Crippen molar-refractivity contribution in [1.29, 1.82) is 5.26 Å². The van der Waals surface area contributed by atoms with Gasteiger partial charge in [-0.3, -0.25) is 9.36 Å². The summed E-state index contributed by atoms with van der Waals surface area (Å²) in [5.74, 6) is 0.735. The Labute approximate surface area is 255 Å². The molecule has 1 aliphatic heterocycles. The van der Waals surface area contributed by atoms with E-state index in [1.165, 1.54) is 15.1 Å². The minimum absolute atomic E-state index is 0.0755. The molecule has 1 N–H and O–H groups in total. The van der Waals surface area contributed by atoms with Gasteiger partial charge in [0.1, 0.15) is 0 Å². The maximum atomic E-state index is 13.0. The lowest BCUT2D eigenvalue weighted by molar-refractivity contribution is 0.232. The molecule has 1 aromatic carbocycles. The fraction of sp³-hybridized carbons (Fsp3) is 0.333. The standard InChI is InChI=1S/C30H33N11O2S/c1-22-19-32-30(35-25-4-6-26(7-5-25)40-14-3-13-33-40)36-29(22)24-20-34-41(21-24)27(8-12-31)18-23-9-16-39(17-10-23)44(42,43)28-11-15-38(2)37-28/h3-7,11,13-15,19-21,23,27H,8-10,16-18H2,1-2H3,(H,32,35,36). The van der Waals surface area contributed by atoms with Crippen molar-refractivity contribution in [2.75, 3.05) is 18.4 Å². The second-order valence-electron chi connectivity index (χ2n) is 11.0. The molecular weight excluding hydrogens is 578 g/mol. The average Bonchev–Trinajstić information content (AvgIpc) is 3.82. The van der Waals surface area contributed by atoms with Crippen molar-refractivity contribution in [2.24, 2.45) is 13.0 Å². The first-order chi connectivity index (χ1) is 21.3. The van der Waals surface area contributed by atoms with E-state index in [0.717, 1.165) is 34.6 Å². The highest BCUT2D eigenvalue weighted by atomic mass is 32.2. The van der Waals surface area contributed by atoms with Crippen molar-refractivity contribution >= 4 is 21.7 Å². The zero-order valence-electron chi connectivity index (χ0n) is 24.5. The monoisotopic (exact) mass is 611 g/mol. The fourth-order valence-corrected chi connectivity index (χ4v) is 6.95. The minimum Gasteiger partial charge on any atom is -0.324 e. The SMILES string of the molecule is Cc1cnc(Nc2ccc(-n3cccn3)cc2)nc1-c1cnn(C(CC#N)CC2CCN(S(=O)(=O)c3ccn(C)n3)CC2)c1. The molecule has 13 nitrogen and oxygen atoms in total. The Morgan fingerprint density at radius 3 is 2.57 bits per heavy atom. The van der Waals surface area contributed by atoms with E-state index in [1.54, 1.807) is 36.5 Å². The number of nitrogens with zero attached hydrogens (tertiary/aromatic N) is 10. The average molecular weight is 612 g/mol. The van der Waals surface area contributed by atoms with Crippen molar-refractivity contribution in [3.05, 3.63) is 79.1 Å². The maximum Gasteiger partial charge on any atom is 0.262 e. The summed E-state index contributed by atoms with van der Waals surface area (Å²) in [6.45, 7) is 2.80. The molecule has 0 bridgehead atoms. The Morgan fingerprint density at radius 2 is 1.89 bits per heavy atom. The number of nitrogens with one attached hydrogen (secondary N) is 1. The summed E-state index contributed by atoms with van der Waals surface area (Å²) in [4.78, 5) is 9.24. The lowest BCUT2D eigenvalue weighted by atomic mass is 9.90. The van der Waals surface area contributed by atoms with E-state index in [4.69, 9.17) is 4.98 Å². The number of aryl methyl sites for hydroxylation is 2. The van der Waals surface area contributed by atoms with Crippen LogP contribution >= 0.6 is 0 Å². The number of sulfonamides is 1. The van der Waals surface area contributed by atoms with E-state index in [-0.39, 0.29) is 17.0 Å². The lowest BCUT2D eigenvalue weighted by Crippen LogP contribution is -2.39. The van der Waals surface area contributed by atoms with Crippen LogP contribution in [0.25, 0.3) is 16.9 Å². The summed E-state index contributed by atoms with van der Waals surface area (Å²) in [6.07, 6.45) is 13.2. The summed E-state index contributed by atoms with van der Waals surface area (Å²) < 4.78 is 32.6. The maximum absolute atomic E-state index is 13.0. The molecule has 226 valence electrons. The molecule has 0 amide bonds. The normalized spacial score (nSPS) is 15.2. The van der Waals surface area contributed by atoms with E-state index in [1.807, 2.05) is 54.3 Å². The zero-order valence-corrected chi connectivity index (χ0v) is 25.3. The van der Waals surface area contributed by atoms with Gasteiger partial charge in [0, 0.05) is 62.4 Å². The van der Waals surface area contributed by atoms with Crippen molar-refractivity contribution in [3.63, 3.8) is 0 Å². The number of piperidine rings is 1. The second-order valence-corrected chi connectivity index (χ2v) is 12.9. The van der Waals surface area contributed by atoms with Gasteiger partial charge in [-0.25, -0.2) is 23.1 Å². The third-order valence-corrected chi connectivity index (χ3v) is 9.70. The van der Waals surface area contributed by atoms with Gasteiger partial charge in [0.05, 0.1) is 36.1 Å². The smallest absolute Gasteiger partial charge is 0.262 e. The molecule has 1 unspecified atom stereocenters. The molecule has 1 atom stereocenters. The van der Waals surface area contributed by atoms with Gasteiger partial charge < -0.3 is 5.32 Å². The highest BCUT2D eigenvalue weighted by Crippen LogP contribution is 2.32. The number of aromatic nitrogens is 8. The number of anilines is 2. The molecule has 1 aliphatic rings. The van der Waals surface area contributed by atoms with Gasteiger partial charge in [0.2, 0.25) is 5.95 Å². The first kappa shape index (κ1) is 29.2. The number of hydrogen-bond acceptors (Lipinski definition) is 9. The van der Waals surface area contributed by atoms with Crippen LogP contribution in [0.15, 0.2) is 78.6 Å². The first-order valence-corrected chi connectivity index (χ1v) is 15.9. The molecule has 5 heterocycles. The summed E-state index contributed by atoms with van der Waals surface area (Å²) in [6, 6.07) is 13.4. The number of benzene rings is 1. The number of nitriles is 1. The van der Waals surface area contributed by atoms with E-state index in [2.05, 4.69) is 31.7 Å².